The number of hydrogen-bond acceptors (Lipinski definition) is 7. The summed E-state index contributed by atoms with van der Waals surface area (Å²) in [5.41, 5.74) is 0.703. The molecule has 2 fully saturated rings. The molecule has 0 bridgehead atoms. The number of thioether (sulfide) groups is 1. The standard InChI is InChI=1S/C14H17N3O4S2/c1-20-10-3-4-12(21-2)9(5-10)6-16-17-11-7-23(18,19)8-13(11)22-14(17)15/h3-6,11,13,15H,7-8H2,1-2H3/b15-14?,16-6-/t11-,13+/m1/s1. The second-order valence-corrected chi connectivity index (χ2v) is 8.68. The summed E-state index contributed by atoms with van der Waals surface area (Å²) < 4.78 is 34.0. The van der Waals surface area contributed by atoms with Crippen LogP contribution >= 0.6 is 11.8 Å². The van der Waals surface area contributed by atoms with Crippen LogP contribution < -0.4 is 9.47 Å². The number of methoxy groups -OCH3 is 2. The Morgan fingerprint density at radius 2 is 2.13 bits per heavy atom. The minimum Gasteiger partial charge on any atom is -0.497 e. The van der Waals surface area contributed by atoms with Gasteiger partial charge in [0.2, 0.25) is 0 Å². The number of amidine groups is 1. The molecule has 9 heteroatoms. The Kier molecular flexibility index (Phi) is 4.24. The summed E-state index contributed by atoms with van der Waals surface area (Å²) in [6.45, 7) is 0. The summed E-state index contributed by atoms with van der Waals surface area (Å²) in [6, 6.07) is 5.06. The average Bonchev–Trinajstić information content (AvgIpc) is 2.95. The van der Waals surface area contributed by atoms with E-state index in [-0.39, 0.29) is 28.0 Å². The molecular formula is C14H17N3O4S2. The largest absolute Gasteiger partial charge is 0.497 e. The van der Waals surface area contributed by atoms with E-state index >= 15 is 0 Å². The lowest BCUT2D eigenvalue weighted by Gasteiger charge is -2.17. The Hall–Kier alpha value is -1.74. The lowest BCUT2D eigenvalue weighted by atomic mass is 10.2. The zero-order chi connectivity index (χ0) is 16.6. The first kappa shape index (κ1) is 16.1. The third kappa shape index (κ3) is 3.16. The summed E-state index contributed by atoms with van der Waals surface area (Å²) in [5.74, 6) is 1.45. The number of benzene rings is 1. The van der Waals surface area contributed by atoms with Crippen molar-refractivity contribution in [3.05, 3.63) is 23.8 Å². The topological polar surface area (TPSA) is 92.1 Å². The molecule has 3 rings (SSSR count). The van der Waals surface area contributed by atoms with E-state index in [9.17, 15) is 8.42 Å². The number of sulfone groups is 1. The average molecular weight is 355 g/mol. The van der Waals surface area contributed by atoms with Crippen molar-refractivity contribution in [1.82, 2.24) is 5.01 Å². The molecule has 0 spiro atoms. The highest BCUT2D eigenvalue weighted by molar-refractivity contribution is 8.15. The Bertz CT molecular complexity index is 763. The van der Waals surface area contributed by atoms with Crippen LogP contribution in [-0.2, 0) is 9.84 Å². The van der Waals surface area contributed by atoms with Gasteiger partial charge >= 0.3 is 0 Å². The Labute approximate surface area is 139 Å². The van der Waals surface area contributed by atoms with Crippen molar-refractivity contribution >= 4 is 33.0 Å². The Morgan fingerprint density at radius 3 is 2.83 bits per heavy atom. The van der Waals surface area contributed by atoms with E-state index in [0.29, 0.717) is 17.1 Å². The monoisotopic (exact) mass is 355 g/mol. The van der Waals surface area contributed by atoms with Crippen LogP contribution in [0, 0.1) is 5.41 Å². The van der Waals surface area contributed by atoms with Crippen molar-refractivity contribution in [3.63, 3.8) is 0 Å². The normalized spacial score (nSPS) is 25.8. The van der Waals surface area contributed by atoms with Gasteiger partial charge in [0.05, 0.1) is 38.0 Å². The van der Waals surface area contributed by atoms with Crippen molar-refractivity contribution in [2.45, 2.75) is 11.3 Å². The Morgan fingerprint density at radius 1 is 1.35 bits per heavy atom. The molecule has 1 aromatic rings. The molecule has 2 saturated heterocycles. The van der Waals surface area contributed by atoms with Crippen molar-refractivity contribution in [1.29, 1.82) is 5.41 Å². The maximum atomic E-state index is 11.8. The van der Waals surface area contributed by atoms with Gasteiger partial charge in [-0.15, -0.1) is 0 Å². The van der Waals surface area contributed by atoms with Gasteiger partial charge in [-0.25, -0.2) is 13.4 Å². The van der Waals surface area contributed by atoms with Crippen LogP contribution in [0.4, 0.5) is 0 Å². The van der Waals surface area contributed by atoms with Crippen molar-refractivity contribution < 1.29 is 17.9 Å². The second-order valence-electron chi connectivity index (χ2n) is 5.30. The molecule has 0 unspecified atom stereocenters. The van der Waals surface area contributed by atoms with Crippen LogP contribution in [0.5, 0.6) is 11.5 Å². The number of ether oxygens (including phenoxy) is 2. The molecule has 23 heavy (non-hydrogen) atoms. The molecule has 2 heterocycles. The first-order valence-corrected chi connectivity index (χ1v) is 9.64. The molecule has 0 amide bonds. The van der Waals surface area contributed by atoms with Crippen LogP contribution in [0.15, 0.2) is 23.3 Å². The summed E-state index contributed by atoms with van der Waals surface area (Å²) in [6.07, 6.45) is 1.57. The fraction of sp³-hybridized carbons (Fsp3) is 0.429. The third-order valence-electron chi connectivity index (χ3n) is 3.82. The van der Waals surface area contributed by atoms with Gasteiger partial charge in [0.25, 0.3) is 0 Å². The molecule has 7 nitrogen and oxygen atoms in total. The van der Waals surface area contributed by atoms with Gasteiger partial charge in [0, 0.05) is 10.8 Å². The number of hydrogen-bond donors (Lipinski definition) is 1. The highest BCUT2D eigenvalue weighted by Gasteiger charge is 2.48. The summed E-state index contributed by atoms with van der Waals surface area (Å²) >= 11 is 1.26. The van der Waals surface area contributed by atoms with E-state index in [1.165, 1.54) is 16.8 Å². The molecule has 0 aromatic heterocycles. The fourth-order valence-electron chi connectivity index (χ4n) is 2.69. The lowest BCUT2D eigenvalue weighted by molar-refractivity contribution is 0.375. The van der Waals surface area contributed by atoms with Crippen LogP contribution in [0.3, 0.4) is 0 Å². The zero-order valence-corrected chi connectivity index (χ0v) is 14.4. The van der Waals surface area contributed by atoms with Crippen LogP contribution in [0.2, 0.25) is 0 Å². The van der Waals surface area contributed by atoms with E-state index in [2.05, 4.69) is 5.10 Å². The minimum absolute atomic E-state index is 0.0413. The number of nitrogens with one attached hydrogen (secondary N) is 1. The molecule has 2 aliphatic rings. The zero-order valence-electron chi connectivity index (χ0n) is 12.7. The maximum Gasteiger partial charge on any atom is 0.177 e. The molecule has 2 aliphatic heterocycles. The van der Waals surface area contributed by atoms with Crippen LogP contribution in [0.1, 0.15) is 5.56 Å². The maximum absolute atomic E-state index is 11.8. The molecule has 0 saturated carbocycles. The fourth-order valence-corrected chi connectivity index (χ4v) is 6.40. The molecule has 1 aromatic carbocycles. The van der Waals surface area contributed by atoms with E-state index in [4.69, 9.17) is 14.9 Å². The van der Waals surface area contributed by atoms with Crippen LogP contribution in [-0.4, -0.2) is 61.8 Å². The van der Waals surface area contributed by atoms with E-state index < -0.39 is 9.84 Å². The van der Waals surface area contributed by atoms with Crippen molar-refractivity contribution in [3.8, 4) is 11.5 Å². The Balaban J connectivity index is 1.86. The van der Waals surface area contributed by atoms with Gasteiger partial charge in [-0.2, -0.15) is 5.10 Å². The van der Waals surface area contributed by atoms with Gasteiger partial charge < -0.3 is 9.47 Å². The number of nitrogens with zero attached hydrogens (tertiary/aromatic N) is 2. The van der Waals surface area contributed by atoms with E-state index in [1.807, 2.05) is 0 Å². The van der Waals surface area contributed by atoms with Gasteiger partial charge in [-0.1, -0.05) is 11.8 Å². The molecule has 0 radical (unpaired) electrons. The number of hydrazone groups is 1. The quantitative estimate of drug-likeness (QED) is 0.816. The first-order chi connectivity index (χ1) is 10.9. The van der Waals surface area contributed by atoms with Gasteiger partial charge in [0.15, 0.2) is 15.0 Å². The summed E-state index contributed by atoms with van der Waals surface area (Å²) in [4.78, 5) is 0. The van der Waals surface area contributed by atoms with Gasteiger partial charge in [-0.3, -0.25) is 5.41 Å². The third-order valence-corrected chi connectivity index (χ3v) is 6.94. The lowest BCUT2D eigenvalue weighted by Crippen LogP contribution is -2.32. The SMILES string of the molecule is COc1ccc(OC)c(/C=N\N2C(=N)S[C@H]3CS(=O)(=O)C[C@H]32)c1. The van der Waals surface area contributed by atoms with E-state index in [1.54, 1.807) is 38.6 Å². The smallest absolute Gasteiger partial charge is 0.177 e. The van der Waals surface area contributed by atoms with Crippen molar-refractivity contribution in [2.75, 3.05) is 25.7 Å². The second kappa shape index (κ2) is 6.04. The first-order valence-electron chi connectivity index (χ1n) is 6.94. The van der Waals surface area contributed by atoms with Crippen LogP contribution in [0.25, 0.3) is 0 Å². The summed E-state index contributed by atoms with van der Waals surface area (Å²) in [7, 11) is 0.0889. The molecule has 2 atom stereocenters. The van der Waals surface area contributed by atoms with E-state index in [0.717, 1.165) is 0 Å². The predicted octanol–water partition coefficient (Wildman–Crippen LogP) is 1.19. The highest BCUT2D eigenvalue weighted by atomic mass is 32.2. The van der Waals surface area contributed by atoms with Gasteiger partial charge in [-0.05, 0) is 18.2 Å². The molecule has 124 valence electrons. The predicted molar refractivity (Wildman–Crippen MR) is 90.5 cm³/mol. The number of fused-ring (bicyclic) bond motifs is 1. The van der Waals surface area contributed by atoms with Gasteiger partial charge in [0.1, 0.15) is 11.5 Å². The summed E-state index contributed by atoms with van der Waals surface area (Å²) in [5, 5.41) is 14.0. The minimum atomic E-state index is -3.05. The number of rotatable bonds is 4. The van der Waals surface area contributed by atoms with Crippen molar-refractivity contribution in [2.24, 2.45) is 5.10 Å². The molecule has 1 N–H and O–H groups in total. The molecule has 0 aliphatic carbocycles. The molecular weight excluding hydrogens is 338 g/mol. The highest BCUT2D eigenvalue weighted by Crippen LogP contribution is 2.37.